The molecule has 0 radical (unpaired) electrons. The zero-order valence-corrected chi connectivity index (χ0v) is 62.6. The molecule has 0 spiro atoms. The van der Waals surface area contributed by atoms with Crippen molar-refractivity contribution in [2.75, 3.05) is 26.4 Å². The smallest absolute Gasteiger partial charge is 0.0894 e. The number of rotatable bonds is 28. The summed E-state index contributed by atoms with van der Waals surface area (Å²) in [6.07, 6.45) is 25.2. The molecule has 13 heterocycles. The highest BCUT2D eigenvalue weighted by atomic mass is 16.5. The van der Waals surface area contributed by atoms with Crippen LogP contribution in [-0.2, 0) is 45.4 Å². The van der Waals surface area contributed by atoms with Gasteiger partial charge in [0.15, 0.2) is 0 Å². The summed E-state index contributed by atoms with van der Waals surface area (Å²) in [7, 11) is 0. The molecule has 0 amide bonds. The molecule has 0 aliphatic rings. The van der Waals surface area contributed by atoms with Crippen LogP contribution in [0.25, 0.3) is 109 Å². The Labute approximate surface area is 639 Å². The maximum absolute atomic E-state index is 6.18. The third kappa shape index (κ3) is 25.7. The van der Waals surface area contributed by atoms with Gasteiger partial charge in [-0.3, -0.25) is 19.9 Å². The number of nitrogens with zero attached hydrogens (tertiary/aromatic N) is 6. The summed E-state index contributed by atoms with van der Waals surface area (Å²) in [5.74, 6) is 0. The third-order valence-electron chi connectivity index (χ3n) is 17.6. The van der Waals surface area contributed by atoms with Crippen LogP contribution in [0.15, 0.2) is 183 Å². The number of ether oxygens (including phenoxy) is 4. The van der Waals surface area contributed by atoms with E-state index in [2.05, 4.69) is 173 Å². The zero-order chi connectivity index (χ0) is 74.4. The summed E-state index contributed by atoms with van der Waals surface area (Å²) in [6.45, 7) is 13.4. The summed E-state index contributed by atoms with van der Waals surface area (Å²) >= 11 is 0. The van der Waals surface area contributed by atoms with E-state index in [-0.39, 0.29) is 0 Å². The third-order valence-corrected chi connectivity index (χ3v) is 17.6. The Hall–Kier alpha value is -11.9. The van der Waals surface area contributed by atoms with Crippen LogP contribution in [0, 0.1) is 97.1 Å². The first kappa shape index (κ1) is 77.2. The summed E-state index contributed by atoms with van der Waals surface area (Å²) in [4.78, 5) is 29.3. The van der Waals surface area contributed by atoms with Crippen molar-refractivity contribution in [1.82, 2.24) is 29.9 Å². The summed E-state index contributed by atoms with van der Waals surface area (Å²) < 4.78 is 24.7. The van der Waals surface area contributed by atoms with Crippen LogP contribution in [0.3, 0.4) is 0 Å². The van der Waals surface area contributed by atoms with E-state index in [0.717, 1.165) is 138 Å². The van der Waals surface area contributed by atoms with Crippen molar-refractivity contribution < 1.29 is 18.9 Å². The molecule has 0 fully saturated rings. The highest BCUT2D eigenvalue weighted by Crippen LogP contribution is 2.20. The first-order chi connectivity index (χ1) is 53.3. The van der Waals surface area contributed by atoms with Crippen molar-refractivity contribution in [1.29, 1.82) is 0 Å². The lowest BCUT2D eigenvalue weighted by atomic mass is 10.1. The van der Waals surface area contributed by atoms with E-state index in [1.54, 1.807) is 24.8 Å². The molecule has 0 saturated carbocycles. The molecule has 17 rings (SSSR count). The molecule has 13 aromatic heterocycles. The molecular weight excluding hydrogens is 1330 g/mol. The monoisotopic (exact) mass is 1410 g/mol. The maximum atomic E-state index is 6.18. The summed E-state index contributed by atoms with van der Waals surface area (Å²) in [5.41, 5.74) is 9.62. The number of hydrogen-bond donors (Lipinski definition) is 0. The lowest BCUT2D eigenvalue weighted by molar-refractivity contribution is 0.117. The average Bonchev–Trinajstić information content (AvgIpc) is 0.867. The SMILES string of the molecule is CCCCCCOCc1cc2c#cc#cc3cc(COCCCCCC)cc(c#cc4ccc(nc4)c4cccc(n4)c4ccc(c#cc5cc(COCCCCCC)cc(c#cc#cc6cc(COCCCCCC)cc(c#cc7ccc(nc7)c7cccc(n7)c7ccc(c#cc(c1)c2)cn7)c6)c5)cn4)c3. The van der Waals surface area contributed by atoms with E-state index < -0.39 is 0 Å². The number of unbranched alkanes of at least 4 members (excludes halogenated alkanes) is 12. The molecule has 20 bridgehead atoms. The van der Waals surface area contributed by atoms with Crippen LogP contribution in [-0.4, -0.2) is 56.3 Å². The van der Waals surface area contributed by atoms with Crippen LogP contribution in [0.4, 0.5) is 0 Å². The molecule has 10 heteroatoms. The molecule has 536 valence electrons. The van der Waals surface area contributed by atoms with Gasteiger partial charge in [0.1, 0.15) is 0 Å². The highest BCUT2D eigenvalue weighted by molar-refractivity contribution is 5.84. The van der Waals surface area contributed by atoms with Gasteiger partial charge in [-0.2, -0.15) is 0 Å². The van der Waals surface area contributed by atoms with Crippen LogP contribution in [0.1, 0.15) is 153 Å². The largest absolute Gasteiger partial charge is 0.377 e. The van der Waals surface area contributed by atoms with Gasteiger partial charge >= 0.3 is 0 Å². The van der Waals surface area contributed by atoms with Gasteiger partial charge in [0, 0.05) is 116 Å². The van der Waals surface area contributed by atoms with E-state index in [0.29, 0.717) is 97.0 Å². The van der Waals surface area contributed by atoms with E-state index in [1.165, 1.54) is 51.4 Å². The molecule has 0 saturated heterocycles. The molecule has 10 nitrogen and oxygen atoms in total. The van der Waals surface area contributed by atoms with Gasteiger partial charge in [0.05, 0.1) is 70.6 Å². The van der Waals surface area contributed by atoms with Gasteiger partial charge in [-0.25, -0.2) is 9.97 Å². The van der Waals surface area contributed by atoms with Crippen molar-refractivity contribution in [2.24, 2.45) is 0 Å². The van der Waals surface area contributed by atoms with E-state index >= 15 is 0 Å². The molecule has 0 unspecified atom stereocenters. The zero-order valence-electron chi connectivity index (χ0n) is 62.6. The van der Waals surface area contributed by atoms with E-state index in [4.69, 9.17) is 48.9 Å². The predicted octanol–water partition coefficient (Wildman–Crippen LogP) is 23.2. The lowest BCUT2D eigenvalue weighted by Gasteiger charge is -2.04. The van der Waals surface area contributed by atoms with Crippen molar-refractivity contribution in [3.05, 3.63) is 302 Å². The van der Waals surface area contributed by atoms with Crippen molar-refractivity contribution >= 4 is 109 Å². The summed E-state index contributed by atoms with van der Waals surface area (Å²) in [5, 5.41) is 9.39. The Bertz CT molecular complexity index is 4640. The average molecular weight is 1420 g/mol. The molecule has 0 aliphatic carbocycles. The molecule has 17 aromatic rings. The molecular formula is C98H90N6O4. The molecule has 0 aliphatic heterocycles. The second-order valence-corrected chi connectivity index (χ2v) is 26.7. The van der Waals surface area contributed by atoms with Gasteiger partial charge in [-0.05, 0) is 218 Å². The van der Waals surface area contributed by atoms with Crippen LogP contribution < -0.4 is 0 Å². The first-order valence-corrected chi connectivity index (χ1v) is 38.1. The number of hydrogen-bond acceptors (Lipinski definition) is 10. The minimum absolute atomic E-state index is 0.443. The van der Waals surface area contributed by atoms with Crippen LogP contribution >= 0.6 is 0 Å². The van der Waals surface area contributed by atoms with Gasteiger partial charge in [-0.15, -0.1) is 0 Å². The minimum atomic E-state index is 0.443. The van der Waals surface area contributed by atoms with E-state index in [1.807, 2.05) is 109 Å². The highest BCUT2D eigenvalue weighted by Gasteiger charge is 2.04. The first-order valence-electron chi connectivity index (χ1n) is 38.1. The Morgan fingerprint density at radius 2 is 0.444 bits per heavy atom. The number of aromatic nitrogens is 6. The standard InChI is InChI=1S/C98H90N6O4/c1-5-9-13-21-51-105-71-87-59-79-27-17-18-28-80-56-84(64-88(60-80)72-106-52-22-14-10-6-2)40-36-76-44-49-93(101-68-76)97-33-26-34-98(104-97)94-50-46-78(70-102-94)38-42-86-58-82(62-90(66-86)74-108-54-24-16-12-8-4)30-20-19-29-81-57-85(65-89(61-81)73-107-53-23-15-11-7-3)41-37-77-45-48-92(100-69-77)96-32-25-31-95(103-96)91-47-43-75(67-99-91)35-39-83(55-79)63-87/h25-26,31-34,43-50,55-70H,5-16,21-24,51-54,71-74H2,1-4H3. The molecule has 0 N–H and O–H groups in total. The fourth-order valence-corrected chi connectivity index (χ4v) is 11.9. The Balaban J connectivity index is 0.987. The maximum Gasteiger partial charge on any atom is 0.0894 e. The Kier molecular flexibility index (Phi) is 30.7. The quantitative estimate of drug-likeness (QED) is 0.0439. The fraction of sp³-hybridized carbons (Fsp3) is 0.286. The number of benzene rings is 4. The Morgan fingerprint density at radius 3 is 0.657 bits per heavy atom. The fourth-order valence-electron chi connectivity index (χ4n) is 11.9. The van der Waals surface area contributed by atoms with Crippen molar-refractivity contribution in [3.8, 4) is 0 Å². The van der Waals surface area contributed by atoms with Gasteiger partial charge in [-0.1, -0.05) is 190 Å². The predicted molar refractivity (Wildman–Crippen MR) is 437 cm³/mol. The minimum Gasteiger partial charge on any atom is -0.377 e. The molecule has 0 atom stereocenters. The topological polar surface area (TPSA) is 114 Å². The normalized spacial score (nSPS) is 10.5. The summed E-state index contributed by atoms with van der Waals surface area (Å²) in [6, 6.07) is 104. The number of pyridine rings is 6. The molecule has 108 heavy (non-hydrogen) atoms. The van der Waals surface area contributed by atoms with Gasteiger partial charge in [0.2, 0.25) is 0 Å². The van der Waals surface area contributed by atoms with Crippen molar-refractivity contribution in [3.63, 3.8) is 0 Å². The second kappa shape index (κ2) is 42.9. The lowest BCUT2D eigenvalue weighted by Crippen LogP contribution is -1.95. The second-order valence-electron chi connectivity index (χ2n) is 26.7. The van der Waals surface area contributed by atoms with Gasteiger partial charge in [0.25, 0.3) is 0 Å². The van der Waals surface area contributed by atoms with Gasteiger partial charge < -0.3 is 18.9 Å². The van der Waals surface area contributed by atoms with Crippen LogP contribution in [0.5, 0.6) is 0 Å². The van der Waals surface area contributed by atoms with Crippen molar-refractivity contribution in [2.45, 2.75) is 157 Å². The molecule has 4 aromatic carbocycles. The van der Waals surface area contributed by atoms with E-state index in [9.17, 15) is 0 Å². The van der Waals surface area contributed by atoms with Crippen LogP contribution in [0.2, 0.25) is 0 Å². The Morgan fingerprint density at radius 1 is 0.222 bits per heavy atom.